The first kappa shape index (κ1) is 24.2. The van der Waals surface area contributed by atoms with Gasteiger partial charge in [0.25, 0.3) is 0 Å². The fourth-order valence-electron chi connectivity index (χ4n) is 3.45. The third kappa shape index (κ3) is 6.78. The SMILES string of the molecule is O=C(O)CO.OCCOCCN1CCN(C2=Nc3ccccc3Sc3ccccc32)CC1. The van der Waals surface area contributed by atoms with Crippen LogP contribution in [-0.4, -0.2) is 96.1 Å². The van der Waals surface area contributed by atoms with Crippen LogP contribution in [0.15, 0.2) is 63.3 Å². The molecule has 1 saturated heterocycles. The van der Waals surface area contributed by atoms with Gasteiger partial charge in [0.15, 0.2) is 0 Å². The molecule has 0 unspecified atom stereocenters. The van der Waals surface area contributed by atoms with Crippen LogP contribution in [0.4, 0.5) is 5.69 Å². The Hall–Kier alpha value is -2.43. The van der Waals surface area contributed by atoms with E-state index in [0.29, 0.717) is 13.2 Å². The van der Waals surface area contributed by atoms with Crippen molar-refractivity contribution < 1.29 is 24.9 Å². The van der Waals surface area contributed by atoms with Crippen LogP contribution in [0.3, 0.4) is 0 Å². The minimum Gasteiger partial charge on any atom is -0.480 e. The van der Waals surface area contributed by atoms with Gasteiger partial charge in [-0.15, -0.1) is 0 Å². The molecule has 9 heteroatoms. The third-order valence-electron chi connectivity index (χ3n) is 5.03. The first-order valence-electron chi connectivity index (χ1n) is 10.6. The van der Waals surface area contributed by atoms with Crippen molar-refractivity contribution in [3.63, 3.8) is 0 Å². The number of hydrogen-bond donors (Lipinski definition) is 3. The van der Waals surface area contributed by atoms with E-state index >= 15 is 0 Å². The van der Waals surface area contributed by atoms with Crippen molar-refractivity contribution in [2.45, 2.75) is 9.79 Å². The third-order valence-corrected chi connectivity index (χ3v) is 6.18. The summed E-state index contributed by atoms with van der Waals surface area (Å²) >= 11 is 1.80. The number of aliphatic hydroxyl groups excluding tert-OH is 2. The van der Waals surface area contributed by atoms with E-state index in [9.17, 15) is 0 Å². The molecule has 0 amide bonds. The maximum absolute atomic E-state index is 9.12. The van der Waals surface area contributed by atoms with E-state index < -0.39 is 12.6 Å². The summed E-state index contributed by atoms with van der Waals surface area (Å²) in [5, 5.41) is 23.8. The van der Waals surface area contributed by atoms with Gasteiger partial charge in [0.1, 0.15) is 12.4 Å². The molecule has 3 N–H and O–H groups in total. The molecule has 0 bridgehead atoms. The average molecular weight is 460 g/mol. The Kier molecular flexibility index (Phi) is 9.51. The van der Waals surface area contributed by atoms with E-state index in [2.05, 4.69) is 58.3 Å². The van der Waals surface area contributed by atoms with Crippen LogP contribution in [0.1, 0.15) is 5.56 Å². The molecule has 4 rings (SSSR count). The Morgan fingerprint density at radius 1 is 0.969 bits per heavy atom. The lowest BCUT2D eigenvalue weighted by Crippen LogP contribution is -2.49. The number of para-hydroxylation sites is 1. The van der Waals surface area contributed by atoms with Crippen molar-refractivity contribution >= 4 is 29.3 Å². The van der Waals surface area contributed by atoms with Gasteiger partial charge in [-0.3, -0.25) is 4.90 Å². The summed E-state index contributed by atoms with van der Waals surface area (Å²) in [6, 6.07) is 16.9. The Bertz CT molecular complexity index is 916. The summed E-state index contributed by atoms with van der Waals surface area (Å²) in [5.74, 6) is -0.107. The van der Waals surface area contributed by atoms with E-state index in [1.807, 2.05) is 0 Å². The van der Waals surface area contributed by atoms with Crippen LogP contribution in [0.5, 0.6) is 0 Å². The minimum absolute atomic E-state index is 0.0898. The lowest BCUT2D eigenvalue weighted by molar-refractivity contribution is -0.140. The molecule has 0 saturated carbocycles. The molecule has 2 aliphatic heterocycles. The molecule has 172 valence electrons. The number of ether oxygens (including phenoxy) is 1. The van der Waals surface area contributed by atoms with E-state index in [1.54, 1.807) is 11.8 Å². The standard InChI is InChI=1S/C21H25N3O2S.C2H4O3/c25-14-16-26-15-13-23-9-11-24(12-10-23)21-17-5-1-3-7-19(17)27-20-8-4-2-6-18(20)22-21;3-1-2(4)5/h1-8,25H,9-16H2;3H,1H2,(H,4,5). The van der Waals surface area contributed by atoms with Crippen molar-refractivity contribution in [2.75, 3.05) is 59.2 Å². The fourth-order valence-corrected chi connectivity index (χ4v) is 4.47. The zero-order chi connectivity index (χ0) is 22.8. The Balaban J connectivity index is 0.000000523. The molecule has 2 aromatic carbocycles. The smallest absolute Gasteiger partial charge is 0.329 e. The molecule has 2 aliphatic rings. The number of carboxylic acid groups (broad SMARTS) is 1. The van der Waals surface area contributed by atoms with Gasteiger partial charge in [-0.05, 0) is 18.2 Å². The predicted molar refractivity (Wildman–Crippen MR) is 124 cm³/mol. The second-order valence-electron chi connectivity index (χ2n) is 7.22. The predicted octanol–water partition coefficient (Wildman–Crippen LogP) is 1.92. The first-order chi connectivity index (χ1) is 15.6. The highest BCUT2D eigenvalue weighted by Crippen LogP contribution is 2.40. The van der Waals surface area contributed by atoms with Crippen molar-refractivity contribution in [1.82, 2.24) is 9.80 Å². The van der Waals surface area contributed by atoms with Crippen LogP contribution >= 0.6 is 11.8 Å². The summed E-state index contributed by atoms with van der Waals surface area (Å²) in [6.07, 6.45) is 0. The van der Waals surface area contributed by atoms with Crippen molar-refractivity contribution in [3.8, 4) is 0 Å². The molecule has 32 heavy (non-hydrogen) atoms. The summed E-state index contributed by atoms with van der Waals surface area (Å²) in [6.45, 7) is 5.23. The minimum atomic E-state index is -1.19. The number of fused-ring (bicyclic) bond motifs is 2. The number of carboxylic acids is 1. The Morgan fingerprint density at radius 3 is 2.31 bits per heavy atom. The number of aliphatic imine (C=N–C) groups is 1. The number of piperazine rings is 1. The van der Waals surface area contributed by atoms with E-state index in [-0.39, 0.29) is 6.61 Å². The topological polar surface area (TPSA) is 106 Å². The maximum Gasteiger partial charge on any atom is 0.329 e. The quantitative estimate of drug-likeness (QED) is 0.563. The second-order valence-corrected chi connectivity index (χ2v) is 8.30. The zero-order valence-electron chi connectivity index (χ0n) is 17.9. The molecular formula is C23H29N3O5S. The monoisotopic (exact) mass is 459 g/mol. The summed E-state index contributed by atoms with van der Waals surface area (Å²) in [7, 11) is 0. The van der Waals surface area contributed by atoms with E-state index in [1.165, 1.54) is 15.4 Å². The molecule has 0 aromatic heterocycles. The summed E-state index contributed by atoms with van der Waals surface area (Å²) in [4.78, 5) is 21.5. The summed E-state index contributed by atoms with van der Waals surface area (Å²) in [5.41, 5.74) is 2.27. The molecule has 0 aliphatic carbocycles. The number of carbonyl (C=O) groups is 1. The van der Waals surface area contributed by atoms with Crippen LogP contribution in [0.2, 0.25) is 0 Å². The van der Waals surface area contributed by atoms with Gasteiger partial charge in [0, 0.05) is 48.1 Å². The molecule has 8 nitrogen and oxygen atoms in total. The highest BCUT2D eigenvalue weighted by Gasteiger charge is 2.24. The Labute approximate surface area is 192 Å². The van der Waals surface area contributed by atoms with Crippen molar-refractivity contribution in [2.24, 2.45) is 4.99 Å². The lowest BCUT2D eigenvalue weighted by atomic mass is 10.1. The largest absolute Gasteiger partial charge is 0.480 e. The molecule has 0 spiro atoms. The van der Waals surface area contributed by atoms with Crippen LogP contribution in [-0.2, 0) is 9.53 Å². The van der Waals surface area contributed by atoms with Crippen molar-refractivity contribution in [1.29, 1.82) is 0 Å². The highest BCUT2D eigenvalue weighted by atomic mass is 32.2. The zero-order valence-corrected chi connectivity index (χ0v) is 18.7. The molecular weight excluding hydrogens is 430 g/mol. The van der Waals surface area contributed by atoms with Gasteiger partial charge < -0.3 is 25.0 Å². The van der Waals surface area contributed by atoms with E-state index in [0.717, 1.165) is 44.2 Å². The normalized spacial score (nSPS) is 15.6. The van der Waals surface area contributed by atoms with Crippen LogP contribution in [0, 0.1) is 0 Å². The van der Waals surface area contributed by atoms with Gasteiger partial charge >= 0.3 is 5.97 Å². The van der Waals surface area contributed by atoms with Gasteiger partial charge in [0.2, 0.25) is 0 Å². The first-order valence-corrected chi connectivity index (χ1v) is 11.4. The van der Waals surface area contributed by atoms with Crippen LogP contribution < -0.4 is 0 Å². The molecule has 1 fully saturated rings. The number of nitrogens with zero attached hydrogens (tertiary/aromatic N) is 3. The van der Waals surface area contributed by atoms with Gasteiger partial charge in [-0.1, -0.05) is 42.1 Å². The molecule has 0 atom stereocenters. The molecule has 2 aromatic rings. The van der Waals surface area contributed by atoms with Crippen LogP contribution in [0.25, 0.3) is 0 Å². The number of amidine groups is 1. The van der Waals surface area contributed by atoms with Gasteiger partial charge in [-0.2, -0.15) is 0 Å². The fraction of sp³-hybridized carbons (Fsp3) is 0.391. The number of hydrogen-bond acceptors (Lipinski definition) is 8. The number of rotatable bonds is 6. The van der Waals surface area contributed by atoms with Gasteiger partial charge in [0.05, 0.1) is 25.5 Å². The maximum atomic E-state index is 9.12. The highest BCUT2D eigenvalue weighted by molar-refractivity contribution is 7.99. The second kappa shape index (κ2) is 12.6. The molecule has 2 heterocycles. The Morgan fingerprint density at radius 2 is 1.62 bits per heavy atom. The lowest BCUT2D eigenvalue weighted by Gasteiger charge is -2.36. The number of aliphatic carboxylic acids is 1. The van der Waals surface area contributed by atoms with Gasteiger partial charge in [-0.25, -0.2) is 9.79 Å². The number of aliphatic hydroxyl groups is 2. The van der Waals surface area contributed by atoms with E-state index in [4.69, 9.17) is 29.8 Å². The molecule has 0 radical (unpaired) electrons. The summed E-state index contributed by atoms with van der Waals surface area (Å²) < 4.78 is 5.40. The average Bonchev–Trinajstić information content (AvgIpc) is 2.99. The number of benzene rings is 2. The van der Waals surface area contributed by atoms with Crippen molar-refractivity contribution in [3.05, 3.63) is 54.1 Å².